The summed E-state index contributed by atoms with van der Waals surface area (Å²) >= 11 is 0. The lowest BCUT2D eigenvalue weighted by atomic mass is 9.49. The molecule has 0 saturated heterocycles. The first-order valence-electron chi connectivity index (χ1n) is 12.7. The fourth-order valence-corrected chi connectivity index (χ4v) is 8.47. The van der Waals surface area contributed by atoms with E-state index in [9.17, 15) is 5.11 Å². The van der Waals surface area contributed by atoms with E-state index in [0.717, 1.165) is 42.4 Å². The van der Waals surface area contributed by atoms with E-state index in [1.165, 1.54) is 64.2 Å². The van der Waals surface area contributed by atoms with E-state index < -0.39 is 0 Å². The maximum absolute atomic E-state index is 10.2. The van der Waals surface area contributed by atoms with Crippen molar-refractivity contribution in [1.29, 1.82) is 0 Å². The second-order valence-electron chi connectivity index (χ2n) is 12.1. The van der Waals surface area contributed by atoms with Gasteiger partial charge in [-0.1, -0.05) is 65.0 Å². The van der Waals surface area contributed by atoms with Crippen LogP contribution >= 0.6 is 0 Å². The first-order chi connectivity index (χ1) is 13.3. The summed E-state index contributed by atoms with van der Waals surface area (Å²) in [7, 11) is 0. The van der Waals surface area contributed by atoms with Gasteiger partial charge in [-0.25, -0.2) is 0 Å². The predicted molar refractivity (Wildman–Crippen MR) is 119 cm³/mol. The van der Waals surface area contributed by atoms with Crippen LogP contribution in [-0.2, 0) is 0 Å². The van der Waals surface area contributed by atoms with Gasteiger partial charge in [0.15, 0.2) is 0 Å². The fourth-order valence-electron chi connectivity index (χ4n) is 8.47. The molecular weight excluding hydrogens is 340 g/mol. The summed E-state index contributed by atoms with van der Waals surface area (Å²) in [4.78, 5) is 0. The van der Waals surface area contributed by atoms with Gasteiger partial charge in [0.1, 0.15) is 0 Å². The molecule has 3 fully saturated rings. The topological polar surface area (TPSA) is 20.2 Å². The normalized spacial score (nSPS) is 44.2. The average molecular weight is 387 g/mol. The zero-order valence-electron chi connectivity index (χ0n) is 19.4. The predicted octanol–water partition coefficient (Wildman–Crippen LogP) is 7.53. The Morgan fingerprint density at radius 3 is 2.50 bits per heavy atom. The number of allylic oxidation sites excluding steroid dienone is 2. The molecule has 1 nitrogen and oxygen atoms in total. The van der Waals surface area contributed by atoms with E-state index in [0.29, 0.717) is 10.8 Å². The molecule has 0 aliphatic heterocycles. The van der Waals surface area contributed by atoms with E-state index in [1.54, 1.807) is 0 Å². The smallest absolute Gasteiger partial charge is 0.0543 e. The van der Waals surface area contributed by atoms with E-state index in [2.05, 4.69) is 34.6 Å². The van der Waals surface area contributed by atoms with Crippen LogP contribution in [0.15, 0.2) is 11.1 Å². The fraction of sp³-hybridized carbons (Fsp3) is 0.926. The molecular formula is C27H46O. The first kappa shape index (κ1) is 21.0. The highest BCUT2D eigenvalue weighted by atomic mass is 16.3. The third-order valence-corrected chi connectivity index (χ3v) is 10.2. The van der Waals surface area contributed by atoms with Crippen molar-refractivity contribution in [3.63, 3.8) is 0 Å². The molecule has 0 aromatic carbocycles. The zero-order chi connectivity index (χ0) is 20.1. The van der Waals surface area contributed by atoms with E-state index in [1.807, 2.05) is 11.1 Å². The van der Waals surface area contributed by atoms with Crippen LogP contribution in [0.2, 0.25) is 0 Å². The van der Waals surface area contributed by atoms with Crippen LogP contribution in [0, 0.1) is 40.4 Å². The quantitative estimate of drug-likeness (QED) is 0.484. The van der Waals surface area contributed by atoms with Crippen molar-refractivity contribution in [3.8, 4) is 0 Å². The third-order valence-electron chi connectivity index (χ3n) is 10.2. The second-order valence-corrected chi connectivity index (χ2v) is 12.1. The minimum Gasteiger partial charge on any atom is -0.393 e. The molecule has 7 atom stereocenters. The molecule has 3 saturated carbocycles. The van der Waals surface area contributed by atoms with Crippen LogP contribution < -0.4 is 0 Å². The van der Waals surface area contributed by atoms with Gasteiger partial charge in [0.2, 0.25) is 0 Å². The SMILES string of the molecule is CC(C)CCC[C@@H](C)[C@H]1CCC2=C3CC[C@H]4C[C@@H](O)CC[C@]4(C)[C@H]3CC[C@@]21C. The van der Waals surface area contributed by atoms with Crippen LogP contribution in [0.3, 0.4) is 0 Å². The van der Waals surface area contributed by atoms with Crippen molar-refractivity contribution in [2.75, 3.05) is 0 Å². The molecule has 28 heavy (non-hydrogen) atoms. The van der Waals surface area contributed by atoms with Gasteiger partial charge in [-0.3, -0.25) is 0 Å². The molecule has 0 aromatic rings. The first-order valence-corrected chi connectivity index (χ1v) is 12.7. The maximum Gasteiger partial charge on any atom is 0.0543 e. The molecule has 0 amide bonds. The highest BCUT2D eigenvalue weighted by Gasteiger charge is 2.55. The highest BCUT2D eigenvalue weighted by molar-refractivity contribution is 5.34. The van der Waals surface area contributed by atoms with Crippen LogP contribution in [0.5, 0.6) is 0 Å². The number of rotatable bonds is 5. The van der Waals surface area contributed by atoms with Gasteiger partial charge in [0.25, 0.3) is 0 Å². The highest BCUT2D eigenvalue weighted by Crippen LogP contribution is 2.65. The molecule has 1 N–H and O–H groups in total. The molecule has 0 unspecified atom stereocenters. The molecule has 0 heterocycles. The van der Waals surface area contributed by atoms with Gasteiger partial charge < -0.3 is 5.11 Å². The standard InChI is InChI=1S/C27H46O/c1-18(2)7-6-8-19(3)23-11-12-24-22-10-9-20-17-21(28)13-15-26(20,4)25(22)14-16-27(23,24)5/h18-21,23,25,28H,6-17H2,1-5H3/t19-,20+,21+,23-,25+,26+,27-/m1/s1. The summed E-state index contributed by atoms with van der Waals surface area (Å²) in [5.41, 5.74) is 4.82. The van der Waals surface area contributed by atoms with Crippen LogP contribution in [0.4, 0.5) is 0 Å². The molecule has 0 bridgehead atoms. The molecule has 1 heteroatoms. The Balaban J connectivity index is 1.53. The summed E-state index contributed by atoms with van der Waals surface area (Å²) in [6.07, 6.45) is 16.0. The summed E-state index contributed by atoms with van der Waals surface area (Å²) in [5, 5.41) is 10.2. The molecule has 0 radical (unpaired) electrons. The number of hydrogen-bond donors (Lipinski definition) is 1. The van der Waals surface area contributed by atoms with Crippen molar-refractivity contribution in [2.24, 2.45) is 40.4 Å². The maximum atomic E-state index is 10.2. The molecule has 0 aromatic heterocycles. The van der Waals surface area contributed by atoms with E-state index in [4.69, 9.17) is 0 Å². The largest absolute Gasteiger partial charge is 0.393 e. The second kappa shape index (κ2) is 7.75. The Labute approximate surface area is 174 Å². The lowest BCUT2D eigenvalue weighted by molar-refractivity contribution is -0.0381. The van der Waals surface area contributed by atoms with Gasteiger partial charge >= 0.3 is 0 Å². The van der Waals surface area contributed by atoms with Crippen LogP contribution in [0.25, 0.3) is 0 Å². The van der Waals surface area contributed by atoms with Gasteiger partial charge in [0.05, 0.1) is 6.10 Å². The minimum atomic E-state index is -0.0244. The van der Waals surface area contributed by atoms with Gasteiger partial charge in [-0.15, -0.1) is 0 Å². The van der Waals surface area contributed by atoms with Gasteiger partial charge in [-0.2, -0.15) is 0 Å². The summed E-state index contributed by atoms with van der Waals surface area (Å²) in [5.74, 6) is 4.25. The minimum absolute atomic E-state index is 0.0244. The van der Waals surface area contributed by atoms with Crippen LogP contribution in [0.1, 0.15) is 112 Å². The number of hydrogen-bond acceptors (Lipinski definition) is 1. The summed E-state index contributed by atoms with van der Waals surface area (Å²) < 4.78 is 0. The zero-order valence-corrected chi connectivity index (χ0v) is 19.4. The van der Waals surface area contributed by atoms with E-state index >= 15 is 0 Å². The summed E-state index contributed by atoms with van der Waals surface area (Å²) in [6, 6.07) is 0. The summed E-state index contributed by atoms with van der Waals surface area (Å²) in [6.45, 7) is 12.6. The molecule has 0 spiro atoms. The molecule has 4 aliphatic carbocycles. The molecule has 160 valence electrons. The Hall–Kier alpha value is -0.300. The number of aliphatic hydroxyl groups is 1. The van der Waals surface area contributed by atoms with Crippen molar-refractivity contribution in [1.82, 2.24) is 0 Å². The van der Waals surface area contributed by atoms with Crippen molar-refractivity contribution < 1.29 is 5.11 Å². The van der Waals surface area contributed by atoms with E-state index in [-0.39, 0.29) is 6.10 Å². The molecule has 4 aliphatic rings. The third kappa shape index (κ3) is 3.42. The van der Waals surface area contributed by atoms with Gasteiger partial charge in [-0.05, 0) is 98.2 Å². The Morgan fingerprint density at radius 2 is 1.75 bits per heavy atom. The van der Waals surface area contributed by atoms with Crippen LogP contribution in [-0.4, -0.2) is 11.2 Å². The monoisotopic (exact) mass is 386 g/mol. The van der Waals surface area contributed by atoms with Crippen molar-refractivity contribution >= 4 is 0 Å². The Morgan fingerprint density at radius 1 is 0.964 bits per heavy atom. The molecule has 4 rings (SSSR count). The number of fused-ring (bicyclic) bond motifs is 4. The number of aliphatic hydroxyl groups excluding tert-OH is 1. The van der Waals surface area contributed by atoms with Crippen molar-refractivity contribution in [2.45, 2.75) is 118 Å². The lowest BCUT2D eigenvalue weighted by Crippen LogP contribution is -2.48. The lowest BCUT2D eigenvalue weighted by Gasteiger charge is -2.56. The Bertz CT molecular complexity index is 603. The van der Waals surface area contributed by atoms with Gasteiger partial charge in [0, 0.05) is 0 Å². The van der Waals surface area contributed by atoms with Crippen molar-refractivity contribution in [3.05, 3.63) is 11.1 Å². The average Bonchev–Trinajstić information content (AvgIpc) is 2.99. The Kier molecular flexibility index (Phi) is 5.80.